The molecular weight excluding hydrogens is 146 g/mol. The number of benzene rings is 1. The highest BCUT2D eigenvalue weighted by molar-refractivity contribution is 5.27. The van der Waals surface area contributed by atoms with Gasteiger partial charge >= 0.3 is 0 Å². The molecule has 66 valence electrons. The van der Waals surface area contributed by atoms with Gasteiger partial charge in [0.2, 0.25) is 0 Å². The average molecular weight is 163 g/mol. The molecule has 1 heteroatoms. The van der Waals surface area contributed by atoms with Crippen molar-refractivity contribution in [2.45, 2.75) is 26.3 Å². The minimum Gasteiger partial charge on any atom is -0.311 e. The molecule has 1 aromatic rings. The lowest BCUT2D eigenvalue weighted by Gasteiger charge is -2.24. The van der Waals surface area contributed by atoms with Crippen LogP contribution in [0.5, 0.6) is 0 Å². The van der Waals surface area contributed by atoms with Crippen molar-refractivity contribution in [3.8, 4) is 0 Å². The van der Waals surface area contributed by atoms with Crippen LogP contribution < -0.4 is 5.32 Å². The first kappa shape index (κ1) is 9.27. The molecule has 1 nitrogen and oxygen atoms in total. The monoisotopic (exact) mass is 163 g/mol. The Morgan fingerprint density at radius 1 is 1.25 bits per heavy atom. The summed E-state index contributed by atoms with van der Waals surface area (Å²) >= 11 is 0. The highest BCUT2D eigenvalue weighted by Gasteiger charge is 2.16. The van der Waals surface area contributed by atoms with Crippen molar-refractivity contribution in [1.29, 1.82) is 0 Å². The van der Waals surface area contributed by atoms with E-state index in [1.54, 1.807) is 0 Å². The molecule has 0 spiro atoms. The van der Waals surface area contributed by atoms with Crippen LogP contribution in [0, 0.1) is 6.92 Å². The van der Waals surface area contributed by atoms with Crippen LogP contribution in [-0.2, 0) is 5.54 Å². The quantitative estimate of drug-likeness (QED) is 0.706. The SMILES string of the molecule is CNC(C)(C)c1cccc(C)c1. The molecule has 0 radical (unpaired) electrons. The molecule has 0 saturated carbocycles. The van der Waals surface area contributed by atoms with Crippen molar-refractivity contribution >= 4 is 0 Å². The van der Waals surface area contributed by atoms with Gasteiger partial charge in [-0.25, -0.2) is 0 Å². The van der Waals surface area contributed by atoms with E-state index in [9.17, 15) is 0 Å². The van der Waals surface area contributed by atoms with E-state index in [2.05, 4.69) is 50.4 Å². The molecule has 1 aromatic carbocycles. The second-order valence-electron chi connectivity index (χ2n) is 3.74. The van der Waals surface area contributed by atoms with E-state index in [-0.39, 0.29) is 5.54 Å². The Morgan fingerprint density at radius 3 is 2.42 bits per heavy atom. The summed E-state index contributed by atoms with van der Waals surface area (Å²) in [7, 11) is 1.99. The maximum Gasteiger partial charge on any atom is 0.0375 e. The number of rotatable bonds is 2. The molecule has 0 atom stereocenters. The van der Waals surface area contributed by atoms with Crippen molar-refractivity contribution in [3.63, 3.8) is 0 Å². The highest BCUT2D eigenvalue weighted by atomic mass is 14.9. The molecule has 0 heterocycles. The van der Waals surface area contributed by atoms with Gasteiger partial charge in [0.1, 0.15) is 0 Å². The lowest BCUT2D eigenvalue weighted by molar-refractivity contribution is 0.444. The van der Waals surface area contributed by atoms with E-state index in [1.165, 1.54) is 11.1 Å². The number of nitrogens with one attached hydrogen (secondary N) is 1. The molecular formula is C11H17N. The molecule has 0 fully saturated rings. The van der Waals surface area contributed by atoms with Crippen LogP contribution in [0.1, 0.15) is 25.0 Å². The third-order valence-corrected chi connectivity index (χ3v) is 2.36. The van der Waals surface area contributed by atoms with E-state index in [0.29, 0.717) is 0 Å². The molecule has 0 aliphatic rings. The summed E-state index contributed by atoms with van der Waals surface area (Å²) < 4.78 is 0. The number of hydrogen-bond acceptors (Lipinski definition) is 1. The molecule has 1 rings (SSSR count). The van der Waals surface area contributed by atoms with Crippen LogP contribution in [0.25, 0.3) is 0 Å². The zero-order chi connectivity index (χ0) is 9.19. The lowest BCUT2D eigenvalue weighted by Crippen LogP contribution is -2.33. The van der Waals surface area contributed by atoms with Crippen LogP contribution in [0.15, 0.2) is 24.3 Å². The standard InChI is InChI=1S/C11H17N/c1-9-6-5-7-10(8-9)11(2,3)12-4/h5-8,12H,1-4H3. The zero-order valence-electron chi connectivity index (χ0n) is 8.31. The summed E-state index contributed by atoms with van der Waals surface area (Å²) in [4.78, 5) is 0. The third kappa shape index (κ3) is 1.86. The summed E-state index contributed by atoms with van der Waals surface area (Å²) in [5, 5.41) is 3.28. The molecule has 0 saturated heterocycles. The summed E-state index contributed by atoms with van der Waals surface area (Å²) in [6.45, 7) is 6.48. The van der Waals surface area contributed by atoms with Crippen LogP contribution in [0.3, 0.4) is 0 Å². The topological polar surface area (TPSA) is 12.0 Å². The Labute approximate surface area is 74.8 Å². The first-order valence-electron chi connectivity index (χ1n) is 4.32. The lowest BCUT2D eigenvalue weighted by atomic mass is 9.93. The predicted molar refractivity (Wildman–Crippen MR) is 53.3 cm³/mol. The largest absolute Gasteiger partial charge is 0.311 e. The van der Waals surface area contributed by atoms with Crippen molar-refractivity contribution < 1.29 is 0 Å². The summed E-state index contributed by atoms with van der Waals surface area (Å²) in [5.74, 6) is 0. The second kappa shape index (κ2) is 3.28. The zero-order valence-corrected chi connectivity index (χ0v) is 8.31. The summed E-state index contributed by atoms with van der Waals surface area (Å²) in [6.07, 6.45) is 0. The van der Waals surface area contributed by atoms with Gasteiger partial charge in [-0.05, 0) is 33.4 Å². The van der Waals surface area contributed by atoms with Crippen molar-refractivity contribution in [2.75, 3.05) is 7.05 Å². The fourth-order valence-electron chi connectivity index (χ4n) is 1.18. The normalized spacial score (nSPS) is 11.7. The Balaban J connectivity index is 3.03. The predicted octanol–water partition coefficient (Wildman–Crippen LogP) is 2.45. The van der Waals surface area contributed by atoms with Crippen molar-refractivity contribution in [2.24, 2.45) is 0 Å². The van der Waals surface area contributed by atoms with Gasteiger partial charge in [0.15, 0.2) is 0 Å². The molecule has 0 unspecified atom stereocenters. The molecule has 1 N–H and O–H groups in total. The molecule has 0 aromatic heterocycles. The van der Waals surface area contributed by atoms with Crippen LogP contribution >= 0.6 is 0 Å². The molecule has 0 amide bonds. The van der Waals surface area contributed by atoms with E-state index in [4.69, 9.17) is 0 Å². The van der Waals surface area contributed by atoms with Crippen LogP contribution in [-0.4, -0.2) is 7.05 Å². The van der Waals surface area contributed by atoms with Gasteiger partial charge in [-0.2, -0.15) is 0 Å². The number of hydrogen-bond donors (Lipinski definition) is 1. The summed E-state index contributed by atoms with van der Waals surface area (Å²) in [5.41, 5.74) is 2.73. The van der Waals surface area contributed by atoms with Crippen LogP contribution in [0.2, 0.25) is 0 Å². The third-order valence-electron chi connectivity index (χ3n) is 2.36. The molecule has 0 aliphatic carbocycles. The van der Waals surface area contributed by atoms with E-state index in [1.807, 2.05) is 7.05 Å². The first-order valence-corrected chi connectivity index (χ1v) is 4.32. The minimum absolute atomic E-state index is 0.0754. The van der Waals surface area contributed by atoms with E-state index in [0.717, 1.165) is 0 Å². The fraction of sp³-hybridized carbons (Fsp3) is 0.455. The number of aryl methyl sites for hydroxylation is 1. The smallest absolute Gasteiger partial charge is 0.0375 e. The average Bonchev–Trinajstić information content (AvgIpc) is 2.05. The molecule has 12 heavy (non-hydrogen) atoms. The highest BCUT2D eigenvalue weighted by Crippen LogP contribution is 2.19. The summed E-state index contributed by atoms with van der Waals surface area (Å²) in [6, 6.07) is 8.60. The van der Waals surface area contributed by atoms with E-state index < -0.39 is 0 Å². The Hall–Kier alpha value is -0.820. The van der Waals surface area contributed by atoms with Crippen molar-refractivity contribution in [3.05, 3.63) is 35.4 Å². The maximum absolute atomic E-state index is 3.28. The van der Waals surface area contributed by atoms with Gasteiger partial charge in [-0.3, -0.25) is 0 Å². The fourth-order valence-corrected chi connectivity index (χ4v) is 1.18. The Morgan fingerprint density at radius 2 is 1.92 bits per heavy atom. The molecule has 0 bridgehead atoms. The van der Waals surface area contributed by atoms with Gasteiger partial charge in [0.05, 0.1) is 0 Å². The van der Waals surface area contributed by atoms with Crippen molar-refractivity contribution in [1.82, 2.24) is 5.32 Å². The van der Waals surface area contributed by atoms with E-state index >= 15 is 0 Å². The van der Waals surface area contributed by atoms with Gasteiger partial charge in [0, 0.05) is 5.54 Å². The first-order chi connectivity index (χ1) is 5.56. The van der Waals surface area contributed by atoms with Gasteiger partial charge in [-0.15, -0.1) is 0 Å². The van der Waals surface area contributed by atoms with Crippen LogP contribution in [0.4, 0.5) is 0 Å². The Bertz CT molecular complexity index is 263. The molecule has 0 aliphatic heterocycles. The minimum atomic E-state index is 0.0754. The Kier molecular flexibility index (Phi) is 2.53. The van der Waals surface area contributed by atoms with Gasteiger partial charge in [0.25, 0.3) is 0 Å². The van der Waals surface area contributed by atoms with Gasteiger partial charge in [-0.1, -0.05) is 29.8 Å². The maximum atomic E-state index is 3.28. The second-order valence-corrected chi connectivity index (χ2v) is 3.74. The van der Waals surface area contributed by atoms with Gasteiger partial charge < -0.3 is 5.32 Å².